The topological polar surface area (TPSA) is 46.3 Å². The fraction of sp³-hybridized carbons (Fsp3) is 0.0714. The molecule has 0 radical (unpaired) electrons. The van der Waals surface area contributed by atoms with E-state index in [2.05, 4.69) is 43.7 Å². The van der Waals surface area contributed by atoms with Crippen LogP contribution in [0.4, 0.5) is 10.8 Å². The highest BCUT2D eigenvalue weighted by atomic mass is 32.1. The maximum atomic E-state index is 4.64. The average Bonchev–Trinajstić information content (AvgIpc) is 3.16. The lowest BCUT2D eigenvalue weighted by Crippen LogP contribution is -2.11. The van der Waals surface area contributed by atoms with Crippen molar-refractivity contribution in [2.75, 3.05) is 11.9 Å². The number of para-hydroxylation sites is 1. The first-order valence-corrected chi connectivity index (χ1v) is 7.08. The second-order valence-corrected chi connectivity index (χ2v) is 5.39. The molecule has 3 aromatic heterocycles. The second kappa shape index (κ2) is 4.28. The average molecular weight is 281 g/mol. The SMILES string of the molecule is CN(c1cccs1)c1nc2nncn2c2ccccc12. The van der Waals surface area contributed by atoms with E-state index in [0.29, 0.717) is 5.78 Å². The van der Waals surface area contributed by atoms with Gasteiger partial charge in [-0.2, -0.15) is 4.98 Å². The molecule has 0 saturated heterocycles. The van der Waals surface area contributed by atoms with E-state index in [1.54, 1.807) is 17.7 Å². The van der Waals surface area contributed by atoms with Crippen LogP contribution in [0.1, 0.15) is 0 Å². The summed E-state index contributed by atoms with van der Waals surface area (Å²) in [6, 6.07) is 12.3. The Bertz CT molecular complexity index is 881. The molecule has 0 N–H and O–H groups in total. The smallest absolute Gasteiger partial charge is 0.257 e. The van der Waals surface area contributed by atoms with Crippen LogP contribution in [0.5, 0.6) is 0 Å². The molecule has 0 aliphatic heterocycles. The zero-order valence-corrected chi connectivity index (χ0v) is 11.6. The third-order valence-corrected chi connectivity index (χ3v) is 4.24. The molecule has 0 spiro atoms. The molecule has 1 aromatic carbocycles. The number of hydrogen-bond donors (Lipinski definition) is 0. The first-order valence-electron chi connectivity index (χ1n) is 6.20. The summed E-state index contributed by atoms with van der Waals surface area (Å²) in [6.45, 7) is 0. The van der Waals surface area contributed by atoms with Crippen molar-refractivity contribution in [3.63, 3.8) is 0 Å². The minimum absolute atomic E-state index is 0.613. The molecule has 0 aliphatic rings. The monoisotopic (exact) mass is 281 g/mol. The van der Waals surface area contributed by atoms with E-state index in [1.807, 2.05) is 29.6 Å². The van der Waals surface area contributed by atoms with Crippen LogP contribution in [-0.4, -0.2) is 26.6 Å². The molecule has 0 aliphatic carbocycles. The first kappa shape index (κ1) is 11.4. The van der Waals surface area contributed by atoms with Gasteiger partial charge in [-0.1, -0.05) is 12.1 Å². The van der Waals surface area contributed by atoms with Crippen LogP contribution in [0.15, 0.2) is 48.1 Å². The van der Waals surface area contributed by atoms with E-state index in [9.17, 15) is 0 Å². The zero-order valence-electron chi connectivity index (χ0n) is 10.8. The van der Waals surface area contributed by atoms with Crippen molar-refractivity contribution in [3.8, 4) is 0 Å². The van der Waals surface area contributed by atoms with Crippen molar-refractivity contribution in [1.29, 1.82) is 0 Å². The summed E-state index contributed by atoms with van der Waals surface area (Å²) >= 11 is 1.68. The van der Waals surface area contributed by atoms with Gasteiger partial charge in [-0.05, 0) is 29.6 Å². The molecule has 4 rings (SSSR count). The molecule has 98 valence electrons. The fourth-order valence-electron chi connectivity index (χ4n) is 2.32. The van der Waals surface area contributed by atoms with Crippen molar-refractivity contribution < 1.29 is 0 Å². The van der Waals surface area contributed by atoms with Gasteiger partial charge in [0.15, 0.2) is 0 Å². The summed E-state index contributed by atoms with van der Waals surface area (Å²) in [5.41, 5.74) is 1.06. The van der Waals surface area contributed by atoms with Crippen LogP contribution in [-0.2, 0) is 0 Å². The number of hydrogen-bond acceptors (Lipinski definition) is 5. The molecule has 5 nitrogen and oxygen atoms in total. The third kappa shape index (κ3) is 1.58. The van der Waals surface area contributed by atoms with Gasteiger partial charge in [0.25, 0.3) is 5.78 Å². The molecule has 0 fully saturated rings. The van der Waals surface area contributed by atoms with Crippen LogP contribution in [0.25, 0.3) is 16.7 Å². The Morgan fingerprint density at radius 3 is 2.90 bits per heavy atom. The van der Waals surface area contributed by atoms with Crippen molar-refractivity contribution in [2.45, 2.75) is 0 Å². The predicted octanol–water partition coefficient (Wildman–Crippen LogP) is 3.11. The van der Waals surface area contributed by atoms with Crippen molar-refractivity contribution in [2.24, 2.45) is 0 Å². The summed E-state index contributed by atoms with van der Waals surface area (Å²) < 4.78 is 1.90. The van der Waals surface area contributed by atoms with E-state index in [-0.39, 0.29) is 0 Å². The largest absolute Gasteiger partial charge is 0.320 e. The predicted molar refractivity (Wildman–Crippen MR) is 80.7 cm³/mol. The summed E-state index contributed by atoms with van der Waals surface area (Å²) in [4.78, 5) is 6.73. The lowest BCUT2D eigenvalue weighted by Gasteiger charge is -2.18. The van der Waals surface area contributed by atoms with Gasteiger partial charge in [0.05, 0.1) is 10.5 Å². The van der Waals surface area contributed by atoms with Gasteiger partial charge in [0.1, 0.15) is 12.1 Å². The Morgan fingerprint density at radius 1 is 1.15 bits per heavy atom. The number of anilines is 2. The van der Waals surface area contributed by atoms with Gasteiger partial charge in [0.2, 0.25) is 0 Å². The van der Waals surface area contributed by atoms with Crippen molar-refractivity contribution in [1.82, 2.24) is 19.6 Å². The summed E-state index contributed by atoms with van der Waals surface area (Å²) in [5, 5.41) is 12.3. The van der Waals surface area contributed by atoms with E-state index in [1.165, 1.54) is 0 Å². The summed E-state index contributed by atoms with van der Waals surface area (Å²) in [6.07, 6.45) is 1.69. The van der Waals surface area contributed by atoms with Crippen LogP contribution >= 0.6 is 11.3 Å². The first-order chi connectivity index (χ1) is 9.84. The van der Waals surface area contributed by atoms with Crippen molar-refractivity contribution in [3.05, 3.63) is 48.1 Å². The molecular weight excluding hydrogens is 270 g/mol. The summed E-state index contributed by atoms with van der Waals surface area (Å²) in [5.74, 6) is 1.51. The quantitative estimate of drug-likeness (QED) is 0.566. The van der Waals surface area contributed by atoms with Crippen LogP contribution in [0.3, 0.4) is 0 Å². The van der Waals surface area contributed by atoms with E-state index >= 15 is 0 Å². The van der Waals surface area contributed by atoms with Gasteiger partial charge >= 0.3 is 0 Å². The highest BCUT2D eigenvalue weighted by Gasteiger charge is 2.14. The highest BCUT2D eigenvalue weighted by molar-refractivity contribution is 7.14. The Kier molecular flexibility index (Phi) is 2.43. The normalized spacial score (nSPS) is 11.2. The Hall–Kier alpha value is -2.47. The van der Waals surface area contributed by atoms with Crippen molar-refractivity contribution >= 4 is 38.8 Å². The molecule has 0 amide bonds. The van der Waals surface area contributed by atoms with Gasteiger partial charge in [0, 0.05) is 12.4 Å². The van der Waals surface area contributed by atoms with E-state index < -0.39 is 0 Å². The van der Waals surface area contributed by atoms with Gasteiger partial charge in [-0.15, -0.1) is 21.5 Å². The lowest BCUT2D eigenvalue weighted by atomic mass is 10.2. The third-order valence-electron chi connectivity index (χ3n) is 3.29. The maximum Gasteiger partial charge on any atom is 0.257 e. The van der Waals surface area contributed by atoms with Gasteiger partial charge < -0.3 is 4.90 Å². The van der Waals surface area contributed by atoms with E-state index in [4.69, 9.17) is 0 Å². The zero-order chi connectivity index (χ0) is 13.5. The summed E-state index contributed by atoms with van der Waals surface area (Å²) in [7, 11) is 2.02. The molecular formula is C14H11N5S. The maximum absolute atomic E-state index is 4.64. The number of benzene rings is 1. The number of fused-ring (bicyclic) bond motifs is 3. The minimum atomic E-state index is 0.613. The molecule has 4 aromatic rings. The molecule has 20 heavy (non-hydrogen) atoms. The standard InChI is InChI=1S/C14H11N5S/c1-18(12-7-4-8-20-12)13-10-5-2-3-6-11(10)19-9-15-17-14(19)16-13/h2-9H,1H3. The van der Waals surface area contributed by atoms with Gasteiger partial charge in [-0.3, -0.25) is 4.40 Å². The molecule has 6 heteroatoms. The number of rotatable bonds is 2. The van der Waals surface area contributed by atoms with Gasteiger partial charge in [-0.25, -0.2) is 0 Å². The van der Waals surface area contributed by atoms with E-state index in [0.717, 1.165) is 21.7 Å². The van der Waals surface area contributed by atoms with Crippen LogP contribution in [0, 0.1) is 0 Å². The number of nitrogens with zero attached hydrogens (tertiary/aromatic N) is 5. The lowest BCUT2D eigenvalue weighted by molar-refractivity contribution is 1.08. The Morgan fingerprint density at radius 2 is 2.05 bits per heavy atom. The molecule has 0 bridgehead atoms. The molecule has 0 unspecified atom stereocenters. The molecule has 3 heterocycles. The Labute approximate surface area is 119 Å². The van der Waals surface area contributed by atoms with Crippen LogP contribution in [0.2, 0.25) is 0 Å². The highest BCUT2D eigenvalue weighted by Crippen LogP contribution is 2.32. The number of thiophene rings is 1. The number of aromatic nitrogens is 4. The Balaban J connectivity index is 2.06. The molecule has 0 saturated carbocycles. The molecule has 0 atom stereocenters. The fourth-order valence-corrected chi connectivity index (χ4v) is 3.02. The van der Waals surface area contributed by atoms with Crippen LogP contribution < -0.4 is 4.90 Å². The second-order valence-electron chi connectivity index (χ2n) is 4.46. The minimum Gasteiger partial charge on any atom is -0.320 e.